The van der Waals surface area contributed by atoms with Crippen LogP contribution in [0.3, 0.4) is 0 Å². The third-order valence-electron chi connectivity index (χ3n) is 4.02. The van der Waals surface area contributed by atoms with Gasteiger partial charge < -0.3 is 14.8 Å². The quantitative estimate of drug-likeness (QED) is 0.609. The van der Waals surface area contributed by atoms with Gasteiger partial charge in [-0.2, -0.15) is 0 Å². The van der Waals surface area contributed by atoms with Crippen LogP contribution in [0.15, 0.2) is 46.9 Å². The third kappa shape index (κ3) is 6.37. The molecule has 0 heterocycles. The summed E-state index contributed by atoms with van der Waals surface area (Å²) in [4.78, 5) is 0. The maximum Gasteiger partial charge on any atom is 0.166 e. The number of halogens is 1. The normalized spacial score (nSPS) is 12.2. The molecule has 25 heavy (non-hydrogen) atoms. The Morgan fingerprint density at radius 3 is 2.44 bits per heavy atom. The van der Waals surface area contributed by atoms with E-state index < -0.39 is 0 Å². The second-order valence-corrected chi connectivity index (χ2v) is 7.48. The van der Waals surface area contributed by atoms with Crippen LogP contribution in [-0.2, 0) is 13.0 Å². The summed E-state index contributed by atoms with van der Waals surface area (Å²) in [6.07, 6.45) is 2.27. The topological polar surface area (TPSA) is 30.5 Å². The molecule has 0 saturated heterocycles. The number of ether oxygens (including phenoxy) is 2. The van der Waals surface area contributed by atoms with Crippen molar-refractivity contribution < 1.29 is 9.47 Å². The predicted octanol–water partition coefficient (Wildman–Crippen LogP) is 5.36. The van der Waals surface area contributed by atoms with Crippen molar-refractivity contribution in [2.24, 2.45) is 0 Å². The highest BCUT2D eigenvalue weighted by Crippen LogP contribution is 2.35. The van der Waals surface area contributed by atoms with Crippen molar-refractivity contribution in [3.8, 4) is 11.5 Å². The van der Waals surface area contributed by atoms with Crippen LogP contribution >= 0.6 is 15.9 Å². The number of nitrogens with one attached hydrogen (secondary N) is 1. The Kier molecular flexibility index (Phi) is 7.79. The van der Waals surface area contributed by atoms with Crippen molar-refractivity contribution in [3.63, 3.8) is 0 Å². The van der Waals surface area contributed by atoms with Crippen LogP contribution in [0, 0.1) is 0 Å². The molecule has 0 aromatic heterocycles. The Morgan fingerprint density at radius 2 is 1.80 bits per heavy atom. The van der Waals surface area contributed by atoms with Crippen molar-refractivity contribution in [2.75, 3.05) is 7.11 Å². The number of aryl methyl sites for hydroxylation is 1. The van der Waals surface area contributed by atoms with E-state index in [2.05, 4.69) is 64.6 Å². The summed E-state index contributed by atoms with van der Waals surface area (Å²) in [6, 6.07) is 15.1. The molecule has 1 atom stereocenters. The van der Waals surface area contributed by atoms with E-state index in [1.54, 1.807) is 7.11 Å². The standard InChI is InChI=1S/C21H28BrNO2/c1-15(2)25-21-18(12-19(22)13-20(21)24-4)14-23-16(3)10-11-17-8-6-5-7-9-17/h5-9,12-13,15-16,23H,10-11,14H2,1-4H3/t16-/m1/s1. The summed E-state index contributed by atoms with van der Waals surface area (Å²) in [7, 11) is 1.68. The van der Waals surface area contributed by atoms with Gasteiger partial charge in [0.2, 0.25) is 0 Å². The van der Waals surface area contributed by atoms with Gasteiger partial charge in [0, 0.05) is 22.6 Å². The lowest BCUT2D eigenvalue weighted by Gasteiger charge is -2.20. The second-order valence-electron chi connectivity index (χ2n) is 6.57. The van der Waals surface area contributed by atoms with Gasteiger partial charge in [-0.25, -0.2) is 0 Å². The number of hydrogen-bond acceptors (Lipinski definition) is 3. The third-order valence-corrected chi connectivity index (χ3v) is 4.48. The molecule has 0 saturated carbocycles. The maximum absolute atomic E-state index is 6.00. The molecule has 0 fully saturated rings. The molecule has 0 aliphatic rings. The van der Waals surface area contributed by atoms with E-state index in [0.29, 0.717) is 6.04 Å². The number of hydrogen-bond donors (Lipinski definition) is 1. The SMILES string of the molecule is COc1cc(Br)cc(CN[C@H](C)CCc2ccccc2)c1OC(C)C. The Labute approximate surface area is 159 Å². The predicted molar refractivity (Wildman–Crippen MR) is 108 cm³/mol. The van der Waals surface area contributed by atoms with Crippen LogP contribution in [0.4, 0.5) is 0 Å². The summed E-state index contributed by atoms with van der Waals surface area (Å²) in [5, 5.41) is 3.60. The van der Waals surface area contributed by atoms with Crippen LogP contribution in [0.1, 0.15) is 38.3 Å². The molecular weight excluding hydrogens is 378 g/mol. The van der Waals surface area contributed by atoms with Crippen molar-refractivity contribution >= 4 is 15.9 Å². The minimum absolute atomic E-state index is 0.101. The highest BCUT2D eigenvalue weighted by molar-refractivity contribution is 9.10. The van der Waals surface area contributed by atoms with Crippen molar-refractivity contribution in [1.29, 1.82) is 0 Å². The van der Waals surface area contributed by atoms with E-state index in [1.807, 2.05) is 19.9 Å². The lowest BCUT2D eigenvalue weighted by atomic mass is 10.1. The average molecular weight is 406 g/mol. The summed E-state index contributed by atoms with van der Waals surface area (Å²) < 4.78 is 12.5. The zero-order chi connectivity index (χ0) is 18.2. The van der Waals surface area contributed by atoms with E-state index in [1.165, 1.54) is 5.56 Å². The number of benzene rings is 2. The van der Waals surface area contributed by atoms with Gasteiger partial charge in [-0.15, -0.1) is 0 Å². The first kappa shape index (κ1) is 19.8. The maximum atomic E-state index is 6.00. The second kappa shape index (κ2) is 9.83. The van der Waals surface area contributed by atoms with Crippen molar-refractivity contribution in [2.45, 2.75) is 52.3 Å². The van der Waals surface area contributed by atoms with Crippen molar-refractivity contribution in [1.82, 2.24) is 5.32 Å². The molecule has 2 rings (SSSR count). The number of methoxy groups -OCH3 is 1. The van der Waals surface area contributed by atoms with Crippen molar-refractivity contribution in [3.05, 3.63) is 58.1 Å². The van der Waals surface area contributed by atoms with E-state index in [4.69, 9.17) is 9.47 Å². The average Bonchev–Trinajstić information content (AvgIpc) is 2.60. The Morgan fingerprint density at radius 1 is 1.08 bits per heavy atom. The minimum atomic E-state index is 0.101. The zero-order valence-corrected chi connectivity index (χ0v) is 17.1. The Hall–Kier alpha value is -1.52. The molecule has 0 amide bonds. The monoisotopic (exact) mass is 405 g/mol. The van der Waals surface area contributed by atoms with Gasteiger partial charge in [-0.05, 0) is 51.3 Å². The molecule has 0 radical (unpaired) electrons. The molecule has 2 aromatic carbocycles. The van der Waals surface area contributed by atoms with Crippen LogP contribution in [0.5, 0.6) is 11.5 Å². The molecule has 0 bridgehead atoms. The molecule has 0 aliphatic heterocycles. The largest absolute Gasteiger partial charge is 0.493 e. The summed E-state index contributed by atoms with van der Waals surface area (Å²) in [5.74, 6) is 1.58. The smallest absolute Gasteiger partial charge is 0.166 e. The molecule has 0 spiro atoms. The first-order valence-electron chi connectivity index (χ1n) is 8.80. The molecular formula is C21H28BrNO2. The Bertz CT molecular complexity index is 658. The van der Waals surface area contributed by atoms with Gasteiger partial charge in [0.15, 0.2) is 11.5 Å². The van der Waals surface area contributed by atoms with Crippen LogP contribution in [0.2, 0.25) is 0 Å². The van der Waals surface area contributed by atoms with E-state index in [0.717, 1.165) is 40.9 Å². The fourth-order valence-corrected chi connectivity index (χ4v) is 3.17. The minimum Gasteiger partial charge on any atom is -0.493 e. The van der Waals surface area contributed by atoms with Crippen LogP contribution in [0.25, 0.3) is 0 Å². The van der Waals surface area contributed by atoms with Crippen LogP contribution < -0.4 is 14.8 Å². The highest BCUT2D eigenvalue weighted by Gasteiger charge is 2.15. The Balaban J connectivity index is 1.99. The first-order chi connectivity index (χ1) is 12.0. The van der Waals surface area contributed by atoms with E-state index >= 15 is 0 Å². The van der Waals surface area contributed by atoms with Gasteiger partial charge >= 0.3 is 0 Å². The lowest BCUT2D eigenvalue weighted by Crippen LogP contribution is -2.26. The summed E-state index contributed by atoms with van der Waals surface area (Å²) in [5.41, 5.74) is 2.48. The molecule has 1 N–H and O–H groups in total. The molecule has 0 unspecified atom stereocenters. The summed E-state index contributed by atoms with van der Waals surface area (Å²) in [6.45, 7) is 7.03. The molecule has 0 aliphatic carbocycles. The van der Waals surface area contributed by atoms with Gasteiger partial charge in [-0.1, -0.05) is 46.3 Å². The fourth-order valence-electron chi connectivity index (χ4n) is 2.69. The molecule has 2 aromatic rings. The highest BCUT2D eigenvalue weighted by atomic mass is 79.9. The van der Waals surface area contributed by atoms with Crippen LogP contribution in [-0.4, -0.2) is 19.3 Å². The molecule has 3 nitrogen and oxygen atoms in total. The summed E-state index contributed by atoms with van der Waals surface area (Å²) >= 11 is 3.56. The number of rotatable bonds is 9. The van der Waals surface area contributed by atoms with E-state index in [-0.39, 0.29) is 6.10 Å². The van der Waals surface area contributed by atoms with E-state index in [9.17, 15) is 0 Å². The molecule has 136 valence electrons. The zero-order valence-electron chi connectivity index (χ0n) is 15.5. The first-order valence-corrected chi connectivity index (χ1v) is 9.59. The lowest BCUT2D eigenvalue weighted by molar-refractivity contribution is 0.227. The van der Waals surface area contributed by atoms with Gasteiger partial charge in [-0.3, -0.25) is 0 Å². The molecule has 4 heteroatoms. The van der Waals surface area contributed by atoms with Gasteiger partial charge in [0.05, 0.1) is 13.2 Å². The fraction of sp³-hybridized carbons (Fsp3) is 0.429. The van der Waals surface area contributed by atoms with Gasteiger partial charge in [0.1, 0.15) is 0 Å². The van der Waals surface area contributed by atoms with Gasteiger partial charge in [0.25, 0.3) is 0 Å².